The minimum atomic E-state index is 0. The second-order valence-corrected chi connectivity index (χ2v) is 5.49. The summed E-state index contributed by atoms with van der Waals surface area (Å²) in [7, 11) is 0. The molecule has 0 heterocycles. The summed E-state index contributed by atoms with van der Waals surface area (Å²) in [5.41, 5.74) is 2.69. The van der Waals surface area contributed by atoms with Crippen LogP contribution in [0.1, 0.15) is 44.7 Å². The molecule has 0 saturated carbocycles. The number of hydrogen-bond acceptors (Lipinski definition) is 1. The minimum Gasteiger partial charge on any atom is -0.538 e. The molecule has 0 radical (unpaired) electrons. The van der Waals surface area contributed by atoms with Gasteiger partial charge < -0.3 is 9.89 Å². The molecule has 0 aliphatic carbocycles. The van der Waals surface area contributed by atoms with E-state index in [4.69, 9.17) is 0 Å². The molecule has 2 rings (SSSR count). The van der Waals surface area contributed by atoms with Crippen molar-refractivity contribution in [1.82, 2.24) is 4.90 Å². The van der Waals surface area contributed by atoms with E-state index in [1.54, 1.807) is 0 Å². The quantitative estimate of drug-likeness (QED) is 0.271. The van der Waals surface area contributed by atoms with Gasteiger partial charge in [-0.05, 0) is 25.9 Å². The molecular formula is C21H33N2Y. The Bertz CT molecular complexity index is 426. The predicted molar refractivity (Wildman–Crippen MR) is 104 cm³/mol. The van der Waals surface area contributed by atoms with Crippen LogP contribution in [0.25, 0.3) is 0 Å². The molecule has 0 N–H and O–H groups in total. The fraction of sp³-hybridized carbons (Fsp3) is 0.476. The molecule has 2 aromatic carbocycles. The third-order valence-electron chi connectivity index (χ3n) is 3.08. The van der Waals surface area contributed by atoms with Gasteiger partial charge in [0.2, 0.25) is 0 Å². The topological polar surface area (TPSA) is 15.6 Å². The van der Waals surface area contributed by atoms with Gasteiger partial charge in [-0.1, -0.05) is 34.6 Å². The van der Waals surface area contributed by atoms with Crippen LogP contribution >= 0.6 is 0 Å². The van der Waals surface area contributed by atoms with Gasteiger partial charge in [0.25, 0.3) is 0 Å². The Labute approximate surface area is 175 Å². The molecule has 0 amide bonds. The van der Waals surface area contributed by atoms with Crippen LogP contribution in [-0.2, 0) is 32.7 Å². The van der Waals surface area contributed by atoms with Crippen molar-refractivity contribution in [2.75, 3.05) is 19.6 Å². The summed E-state index contributed by atoms with van der Waals surface area (Å²) >= 11 is 0. The van der Waals surface area contributed by atoms with Gasteiger partial charge in [-0.25, -0.2) is 24.3 Å². The maximum Gasteiger partial charge on any atom is 3.00 e. The molecule has 0 aliphatic heterocycles. The molecule has 0 aromatic heterocycles. The molecule has 0 fully saturated rings. The van der Waals surface area contributed by atoms with Crippen LogP contribution in [0.15, 0.2) is 53.5 Å². The fourth-order valence-corrected chi connectivity index (χ4v) is 1.75. The van der Waals surface area contributed by atoms with Crippen molar-refractivity contribution in [3.05, 3.63) is 59.7 Å². The first-order valence-corrected chi connectivity index (χ1v) is 8.67. The van der Waals surface area contributed by atoms with E-state index < -0.39 is 0 Å². The maximum absolute atomic E-state index is 4.16. The van der Waals surface area contributed by atoms with Gasteiger partial charge in [0, 0.05) is 6.54 Å². The molecule has 0 unspecified atom stereocenters. The zero-order valence-corrected chi connectivity index (χ0v) is 19.0. The van der Waals surface area contributed by atoms with Crippen molar-refractivity contribution >= 4 is 6.34 Å². The molecule has 24 heavy (non-hydrogen) atoms. The number of hydrogen-bond donors (Lipinski definition) is 0. The Kier molecular flexibility index (Phi) is 19.8. The van der Waals surface area contributed by atoms with Gasteiger partial charge in [-0.2, -0.15) is 35.4 Å². The molecule has 0 spiro atoms. The molecule has 3 heteroatoms. The van der Waals surface area contributed by atoms with Crippen molar-refractivity contribution in [2.24, 2.45) is 4.99 Å². The Morgan fingerprint density at radius 2 is 1.29 bits per heavy atom. The van der Waals surface area contributed by atoms with Crippen molar-refractivity contribution in [2.45, 2.75) is 47.5 Å². The number of rotatable bonds is 6. The third-order valence-corrected chi connectivity index (χ3v) is 3.08. The summed E-state index contributed by atoms with van der Waals surface area (Å²) in [5, 5.41) is 0. The smallest absolute Gasteiger partial charge is 0.538 e. The van der Waals surface area contributed by atoms with Crippen LogP contribution in [-0.4, -0.2) is 30.9 Å². The van der Waals surface area contributed by atoms with Gasteiger partial charge in [0.1, 0.15) is 0 Å². The van der Waals surface area contributed by atoms with Gasteiger partial charge >= 0.3 is 32.7 Å². The first kappa shape index (κ1) is 25.5. The van der Waals surface area contributed by atoms with E-state index in [9.17, 15) is 0 Å². The summed E-state index contributed by atoms with van der Waals surface area (Å²) in [6.07, 6.45) is 5.31. The zero-order valence-electron chi connectivity index (χ0n) is 16.1. The van der Waals surface area contributed by atoms with Crippen LogP contribution in [0.2, 0.25) is 0 Å². The van der Waals surface area contributed by atoms with Gasteiger partial charge in [-0.3, -0.25) is 6.34 Å². The molecule has 0 aliphatic rings. The Hall–Kier alpha value is -0.726. The van der Waals surface area contributed by atoms with Crippen LogP contribution in [0, 0.1) is 13.8 Å². The summed E-state index contributed by atoms with van der Waals surface area (Å²) in [5.74, 6) is 0. The molecule has 2 nitrogen and oxygen atoms in total. The van der Waals surface area contributed by atoms with Crippen LogP contribution in [0.3, 0.4) is 0 Å². The first-order chi connectivity index (χ1) is 11.1. The average molecular weight is 402 g/mol. The van der Waals surface area contributed by atoms with Gasteiger partial charge in [0.15, 0.2) is 0 Å². The Balaban J connectivity index is 0. The van der Waals surface area contributed by atoms with Crippen molar-refractivity contribution in [3.63, 3.8) is 0 Å². The molecule has 0 bridgehead atoms. The number of nitrogens with zero attached hydrogens (tertiary/aromatic N) is 2. The van der Waals surface area contributed by atoms with Gasteiger partial charge in [0.05, 0.1) is 0 Å². The summed E-state index contributed by atoms with van der Waals surface area (Å²) in [6.45, 7) is 13.6. The summed E-state index contributed by atoms with van der Waals surface area (Å²) in [6, 6.07) is 16.5. The number of aryl methyl sites for hydroxylation is 2. The third kappa shape index (κ3) is 16.1. The monoisotopic (exact) mass is 402 g/mol. The largest absolute Gasteiger partial charge is 3.00 e. The van der Waals surface area contributed by atoms with E-state index in [2.05, 4.69) is 75.1 Å². The second kappa shape index (κ2) is 18.6. The zero-order chi connectivity index (χ0) is 17.3. The Morgan fingerprint density at radius 3 is 1.54 bits per heavy atom. The fourth-order valence-electron chi connectivity index (χ4n) is 1.75. The molecule has 2 aromatic rings. The van der Waals surface area contributed by atoms with E-state index in [-0.39, 0.29) is 32.7 Å². The molecular weight excluding hydrogens is 369 g/mol. The van der Waals surface area contributed by atoms with E-state index in [1.165, 1.54) is 17.5 Å². The van der Waals surface area contributed by atoms with Crippen molar-refractivity contribution < 1.29 is 32.7 Å². The Morgan fingerprint density at radius 1 is 0.833 bits per heavy atom. The average Bonchev–Trinajstić information content (AvgIpc) is 3.21. The van der Waals surface area contributed by atoms with E-state index in [1.807, 2.05) is 24.3 Å². The van der Waals surface area contributed by atoms with Crippen molar-refractivity contribution in [1.29, 1.82) is 0 Å². The second-order valence-electron chi connectivity index (χ2n) is 5.49. The maximum atomic E-state index is 4.16. The van der Waals surface area contributed by atoms with Crippen LogP contribution in [0.5, 0.6) is 0 Å². The molecule has 0 saturated heterocycles. The first-order valence-electron chi connectivity index (χ1n) is 8.67. The summed E-state index contributed by atoms with van der Waals surface area (Å²) < 4.78 is 0. The minimum absolute atomic E-state index is 0. The van der Waals surface area contributed by atoms with Gasteiger partial charge in [-0.15, -0.1) is 0 Å². The van der Waals surface area contributed by atoms with Crippen molar-refractivity contribution in [3.8, 4) is 0 Å². The normalized spacial score (nSPS) is 9.38. The van der Waals surface area contributed by atoms with Crippen LogP contribution in [0.4, 0.5) is 0 Å². The number of aliphatic imine (C=N–C) groups is 1. The van der Waals surface area contributed by atoms with E-state index in [0.717, 1.165) is 26.1 Å². The molecule has 130 valence electrons. The SMILES string of the molecule is CCCN=[C-]N(CC)CCC.C[c-]1cccc1.C[c-]1cccc1.[Y+3]. The van der Waals surface area contributed by atoms with E-state index in [0.29, 0.717) is 0 Å². The molecule has 0 atom stereocenters. The van der Waals surface area contributed by atoms with E-state index >= 15 is 0 Å². The summed E-state index contributed by atoms with van der Waals surface area (Å²) in [4.78, 5) is 6.28. The predicted octanol–water partition coefficient (Wildman–Crippen LogP) is 5.46. The van der Waals surface area contributed by atoms with Crippen LogP contribution < -0.4 is 0 Å². The standard InChI is InChI=1S/C9H19N2.2C6H7.Y/c1-4-7-10-9-11(6-3)8-5-2;2*1-6-4-2-3-5-6;/h4-8H2,1-3H3;2*2-5H,1H3;/q3*-1;+3.